The van der Waals surface area contributed by atoms with E-state index in [2.05, 4.69) is 43.0 Å². The number of hydrogen-bond donors (Lipinski definition) is 0. The fourth-order valence-electron chi connectivity index (χ4n) is 2.82. The molecule has 2 aromatic carbocycles. The van der Waals surface area contributed by atoms with Crippen LogP contribution in [0.1, 0.15) is 17.5 Å². The van der Waals surface area contributed by atoms with Crippen molar-refractivity contribution in [3.63, 3.8) is 0 Å². The maximum absolute atomic E-state index is 13.0. The zero-order valence-electron chi connectivity index (χ0n) is 17.3. The summed E-state index contributed by atoms with van der Waals surface area (Å²) < 4.78 is 1.14. The average molecular weight is 450 g/mol. The van der Waals surface area contributed by atoms with Gasteiger partial charge in [0.25, 0.3) is 0 Å². The van der Waals surface area contributed by atoms with Gasteiger partial charge in [0.1, 0.15) is 0 Å². The zero-order chi connectivity index (χ0) is 20.1. The fraction of sp³-hybridized carbons (Fsp3) is 0.364. The molecule has 1 aromatic heterocycles. The summed E-state index contributed by atoms with van der Waals surface area (Å²) in [4.78, 5) is 23.0. The van der Waals surface area contributed by atoms with Crippen molar-refractivity contribution in [2.24, 2.45) is 0 Å². The third-order valence-corrected chi connectivity index (χ3v) is 6.68. The molecule has 4 nitrogen and oxygen atoms in total. The normalized spacial score (nSPS) is 10.9. The van der Waals surface area contributed by atoms with Crippen molar-refractivity contribution in [2.75, 3.05) is 37.8 Å². The Kier molecular flexibility index (Phi) is 8.96. The average Bonchev–Trinajstić information content (AvgIpc) is 3.05. The lowest BCUT2D eigenvalue weighted by atomic mass is 10.1. The summed E-state index contributed by atoms with van der Waals surface area (Å²) in [6.45, 7) is 5.68. The van der Waals surface area contributed by atoms with Gasteiger partial charge in [0, 0.05) is 30.2 Å². The molecule has 3 aromatic rings. The topological polar surface area (TPSA) is 36.4 Å². The number of halogens is 1. The van der Waals surface area contributed by atoms with E-state index < -0.39 is 0 Å². The van der Waals surface area contributed by atoms with Crippen molar-refractivity contribution >= 4 is 56.8 Å². The number of amides is 1. The number of carbonyl (C=O) groups excluding carboxylic acids is 1. The Hall–Kier alpha value is -1.60. The van der Waals surface area contributed by atoms with Gasteiger partial charge in [-0.25, -0.2) is 4.98 Å². The number of thioether (sulfide) groups is 1. The minimum atomic E-state index is 0. The number of hydrogen-bond acceptors (Lipinski definition) is 5. The summed E-state index contributed by atoms with van der Waals surface area (Å²) in [6, 6.07) is 14.5. The predicted molar refractivity (Wildman–Crippen MR) is 129 cm³/mol. The monoisotopic (exact) mass is 449 g/mol. The molecule has 1 amide bonds. The molecule has 0 atom stereocenters. The zero-order valence-corrected chi connectivity index (χ0v) is 19.8. The van der Waals surface area contributed by atoms with Gasteiger partial charge in [-0.05, 0) is 63.3 Å². The lowest BCUT2D eigenvalue weighted by Crippen LogP contribution is -2.36. The number of anilines is 1. The molecule has 7 heteroatoms. The van der Waals surface area contributed by atoms with Crippen LogP contribution in [-0.4, -0.2) is 48.7 Å². The first-order valence-corrected chi connectivity index (χ1v) is 11.2. The number of aromatic nitrogens is 1. The lowest BCUT2D eigenvalue weighted by molar-refractivity contribution is -0.118. The van der Waals surface area contributed by atoms with Crippen LogP contribution in [0.3, 0.4) is 0 Å². The molecule has 0 aliphatic rings. The minimum absolute atomic E-state index is 0. The molecule has 0 aliphatic carbocycles. The maximum atomic E-state index is 13.0. The Morgan fingerprint density at radius 3 is 2.45 bits per heavy atom. The molecule has 1 heterocycles. The van der Waals surface area contributed by atoms with E-state index in [-0.39, 0.29) is 18.3 Å². The number of rotatable bonds is 8. The second-order valence-corrected chi connectivity index (χ2v) is 9.34. The summed E-state index contributed by atoms with van der Waals surface area (Å²) in [5.74, 6) is 0.905. The molecule has 0 spiro atoms. The third-order valence-electron chi connectivity index (χ3n) is 4.62. The molecule has 0 saturated heterocycles. The van der Waals surface area contributed by atoms with Gasteiger partial charge in [-0.1, -0.05) is 29.5 Å². The molecule has 0 radical (unpaired) electrons. The number of fused-ring (bicyclic) bond motifs is 1. The molecule has 0 saturated carbocycles. The Bertz CT molecular complexity index is 905. The Balaban J connectivity index is 0.00000300. The van der Waals surface area contributed by atoms with Crippen molar-refractivity contribution in [3.8, 4) is 0 Å². The van der Waals surface area contributed by atoms with E-state index in [9.17, 15) is 4.79 Å². The number of nitrogens with zero attached hydrogens (tertiary/aromatic N) is 3. The summed E-state index contributed by atoms with van der Waals surface area (Å²) in [6.07, 6.45) is 0.501. The molecule has 156 valence electrons. The fourth-order valence-corrected chi connectivity index (χ4v) is 4.77. The van der Waals surface area contributed by atoms with E-state index in [1.165, 1.54) is 16.0 Å². The summed E-state index contributed by atoms with van der Waals surface area (Å²) in [5, 5.41) is 0.802. The highest BCUT2D eigenvalue weighted by atomic mass is 35.5. The Morgan fingerprint density at radius 1 is 1.07 bits per heavy atom. The summed E-state index contributed by atoms with van der Waals surface area (Å²) >= 11 is 3.33. The Labute approximate surface area is 187 Å². The number of aryl methyl sites for hydroxylation is 2. The largest absolute Gasteiger partial charge is 0.308 e. The van der Waals surface area contributed by atoms with Gasteiger partial charge >= 0.3 is 0 Å². The van der Waals surface area contributed by atoms with E-state index in [1.807, 2.05) is 37.2 Å². The number of thiazole rings is 1. The van der Waals surface area contributed by atoms with Crippen LogP contribution < -0.4 is 4.90 Å². The highest BCUT2D eigenvalue weighted by Crippen LogP contribution is 2.31. The van der Waals surface area contributed by atoms with Crippen LogP contribution in [0.15, 0.2) is 47.4 Å². The van der Waals surface area contributed by atoms with Gasteiger partial charge in [0.15, 0.2) is 5.13 Å². The standard InChI is InChI=1S/C22H27N3OS2.ClH/c1-16-14-19-20(15-17(16)2)28-22(23-19)25(12-11-24(3)4)21(26)10-13-27-18-8-6-5-7-9-18;/h5-9,14-15H,10-13H2,1-4H3;1H. The molecule has 0 bridgehead atoms. The van der Waals surface area contributed by atoms with Crippen molar-refractivity contribution in [2.45, 2.75) is 25.2 Å². The van der Waals surface area contributed by atoms with E-state index in [4.69, 9.17) is 4.98 Å². The lowest BCUT2D eigenvalue weighted by Gasteiger charge is -2.22. The predicted octanol–water partition coefficient (Wildman–Crippen LogP) is 5.41. The van der Waals surface area contributed by atoms with E-state index in [0.29, 0.717) is 13.0 Å². The van der Waals surface area contributed by atoms with Crippen molar-refractivity contribution in [3.05, 3.63) is 53.6 Å². The molecular formula is C22H28ClN3OS2. The smallest absolute Gasteiger partial charge is 0.229 e. The van der Waals surface area contributed by atoms with Gasteiger partial charge in [0.05, 0.1) is 10.2 Å². The molecule has 3 rings (SSSR count). The van der Waals surface area contributed by atoms with E-state index >= 15 is 0 Å². The number of carbonyl (C=O) groups is 1. The van der Waals surface area contributed by atoms with E-state index in [0.717, 1.165) is 27.6 Å². The van der Waals surface area contributed by atoms with Crippen molar-refractivity contribution in [1.29, 1.82) is 0 Å². The SMILES string of the molecule is Cc1cc2nc(N(CCN(C)C)C(=O)CCSc3ccccc3)sc2cc1C.Cl. The summed E-state index contributed by atoms with van der Waals surface area (Å²) in [7, 11) is 4.05. The third kappa shape index (κ3) is 6.44. The molecule has 0 fully saturated rings. The molecule has 0 N–H and O–H groups in total. The second kappa shape index (κ2) is 11.0. The van der Waals surface area contributed by atoms with Crippen LogP contribution in [-0.2, 0) is 4.79 Å². The molecular weight excluding hydrogens is 422 g/mol. The van der Waals surface area contributed by atoms with Crippen LogP contribution in [0, 0.1) is 13.8 Å². The van der Waals surface area contributed by atoms with Crippen molar-refractivity contribution < 1.29 is 4.79 Å². The van der Waals surface area contributed by atoms with Crippen LogP contribution in [0.25, 0.3) is 10.2 Å². The first-order chi connectivity index (χ1) is 13.4. The van der Waals surface area contributed by atoms with Gasteiger partial charge < -0.3 is 4.90 Å². The molecule has 29 heavy (non-hydrogen) atoms. The van der Waals surface area contributed by atoms with Crippen LogP contribution >= 0.6 is 35.5 Å². The van der Waals surface area contributed by atoms with Crippen molar-refractivity contribution in [1.82, 2.24) is 9.88 Å². The van der Waals surface area contributed by atoms with Gasteiger partial charge in [-0.15, -0.1) is 24.2 Å². The first kappa shape index (κ1) is 23.7. The first-order valence-electron chi connectivity index (χ1n) is 9.45. The number of likely N-dealkylation sites (N-methyl/N-ethyl adjacent to an activating group) is 1. The molecule has 0 unspecified atom stereocenters. The van der Waals surface area contributed by atoms with Gasteiger partial charge in [-0.3, -0.25) is 9.69 Å². The highest BCUT2D eigenvalue weighted by molar-refractivity contribution is 7.99. The van der Waals surface area contributed by atoms with E-state index in [1.54, 1.807) is 23.1 Å². The minimum Gasteiger partial charge on any atom is -0.308 e. The van der Waals surface area contributed by atoms with Gasteiger partial charge in [0.2, 0.25) is 5.91 Å². The van der Waals surface area contributed by atoms with Gasteiger partial charge in [-0.2, -0.15) is 0 Å². The van der Waals surface area contributed by atoms with Crippen LogP contribution in [0.5, 0.6) is 0 Å². The maximum Gasteiger partial charge on any atom is 0.229 e. The molecule has 0 aliphatic heterocycles. The highest BCUT2D eigenvalue weighted by Gasteiger charge is 2.20. The second-order valence-electron chi connectivity index (χ2n) is 7.16. The van der Waals surface area contributed by atoms with Crippen LogP contribution in [0.4, 0.5) is 5.13 Å². The quantitative estimate of drug-likeness (QED) is 0.430. The number of benzene rings is 2. The summed E-state index contributed by atoms with van der Waals surface area (Å²) in [5.41, 5.74) is 3.47. The Morgan fingerprint density at radius 2 is 1.76 bits per heavy atom. The van der Waals surface area contributed by atoms with Crippen LogP contribution in [0.2, 0.25) is 0 Å².